The van der Waals surface area contributed by atoms with Crippen LogP contribution in [0.1, 0.15) is 51.3 Å². The Balaban J connectivity index is 1.23. The smallest absolute Gasteiger partial charge is 0.336 e. The fraction of sp³-hybridized carbons (Fsp3) is 0.123. The van der Waals surface area contributed by atoms with E-state index in [9.17, 15) is 0 Å². The van der Waals surface area contributed by atoms with Gasteiger partial charge < -0.3 is 13.8 Å². The maximum Gasteiger partial charge on any atom is 0.336 e. The van der Waals surface area contributed by atoms with E-state index in [1.54, 1.807) is 0 Å². The molecule has 8 aromatic carbocycles. The molecule has 0 amide bonds. The summed E-state index contributed by atoms with van der Waals surface area (Å²) in [5, 5.41) is 6.24. The highest BCUT2D eigenvalue weighted by Crippen LogP contribution is 2.58. The van der Waals surface area contributed by atoms with Gasteiger partial charge in [-0.1, -0.05) is 150 Å². The van der Waals surface area contributed by atoms with Crippen molar-refractivity contribution in [3.8, 4) is 33.4 Å². The second-order valence-electron chi connectivity index (χ2n) is 19.2. The van der Waals surface area contributed by atoms with Gasteiger partial charge in [-0.2, -0.15) is 0 Å². The number of fused-ring (bicyclic) bond motifs is 17. The van der Waals surface area contributed by atoms with E-state index < -0.39 is 0 Å². The first-order valence-corrected chi connectivity index (χ1v) is 22.7. The number of thiophene rings is 1. The van der Waals surface area contributed by atoms with E-state index in [2.05, 4.69) is 202 Å². The van der Waals surface area contributed by atoms with Crippen LogP contribution in [-0.2, 0) is 10.8 Å². The lowest BCUT2D eigenvalue weighted by Crippen LogP contribution is -2.57. The minimum atomic E-state index is -0.237. The van der Waals surface area contributed by atoms with E-state index in [-0.39, 0.29) is 17.7 Å². The summed E-state index contributed by atoms with van der Waals surface area (Å²) < 4.78 is 12.3. The molecule has 3 aromatic heterocycles. The van der Waals surface area contributed by atoms with Crippen LogP contribution in [-0.4, -0.2) is 11.3 Å². The molecule has 0 atom stereocenters. The molecule has 0 bridgehead atoms. The van der Waals surface area contributed by atoms with Crippen LogP contribution < -0.4 is 15.8 Å². The summed E-state index contributed by atoms with van der Waals surface area (Å²) >= 11 is 1.90. The predicted molar refractivity (Wildman–Crippen MR) is 264 cm³/mol. The molecule has 0 saturated heterocycles. The van der Waals surface area contributed by atoms with Gasteiger partial charge in [-0.25, -0.2) is 0 Å². The molecular formula is C57H41BN2OS. The fourth-order valence-corrected chi connectivity index (χ4v) is 13.0. The molecule has 3 nitrogen and oxygen atoms in total. The van der Waals surface area contributed by atoms with Gasteiger partial charge in [-0.05, 0) is 109 Å². The molecule has 11 aromatic rings. The Bertz CT molecular complexity index is 3780. The molecule has 62 heavy (non-hydrogen) atoms. The molecule has 0 saturated carbocycles. The van der Waals surface area contributed by atoms with Crippen molar-refractivity contribution in [3.63, 3.8) is 0 Å². The van der Waals surface area contributed by atoms with Gasteiger partial charge in [-0.3, -0.25) is 0 Å². The van der Waals surface area contributed by atoms with Gasteiger partial charge in [0, 0.05) is 53.6 Å². The van der Waals surface area contributed by atoms with Crippen LogP contribution in [0.5, 0.6) is 0 Å². The highest BCUT2D eigenvalue weighted by Gasteiger charge is 2.50. The number of hydrogen-bond acceptors (Lipinski definition) is 3. The van der Waals surface area contributed by atoms with Crippen molar-refractivity contribution in [3.05, 3.63) is 174 Å². The van der Waals surface area contributed by atoms with Crippen molar-refractivity contribution < 1.29 is 4.42 Å². The Morgan fingerprint density at radius 1 is 0.565 bits per heavy atom. The summed E-state index contributed by atoms with van der Waals surface area (Å²) in [6.45, 7) is 11.7. The van der Waals surface area contributed by atoms with Crippen LogP contribution in [0, 0.1) is 0 Å². The average molecular weight is 813 g/mol. The third kappa shape index (κ3) is 4.27. The molecule has 0 unspecified atom stereocenters. The largest absolute Gasteiger partial charge is 0.441 e. The molecule has 0 spiro atoms. The highest BCUT2D eigenvalue weighted by atomic mass is 32.1. The van der Waals surface area contributed by atoms with E-state index in [1.165, 1.54) is 115 Å². The number of anilines is 3. The zero-order chi connectivity index (χ0) is 41.4. The minimum absolute atomic E-state index is 0.0296. The van der Waals surface area contributed by atoms with Gasteiger partial charge >= 0.3 is 6.85 Å². The van der Waals surface area contributed by atoms with Crippen molar-refractivity contribution in [1.82, 2.24) is 4.48 Å². The summed E-state index contributed by atoms with van der Waals surface area (Å²) in [5.74, 6) is 0. The van der Waals surface area contributed by atoms with Crippen molar-refractivity contribution >= 4 is 99.3 Å². The second-order valence-corrected chi connectivity index (χ2v) is 20.3. The van der Waals surface area contributed by atoms with Gasteiger partial charge in [0.2, 0.25) is 0 Å². The van der Waals surface area contributed by atoms with Crippen molar-refractivity contribution in [2.45, 2.75) is 45.4 Å². The molecule has 3 aliphatic rings. The molecule has 2 aliphatic heterocycles. The normalized spacial score (nSPS) is 14.6. The first-order chi connectivity index (χ1) is 30.2. The van der Waals surface area contributed by atoms with Gasteiger partial charge in [0.05, 0.1) is 11.1 Å². The SMILES string of the molecule is CC(C)(C)c1ccc(N2c3cc4c(c5c3B(c3c2ccc2sc6ccccc6c32)n2c3oc6ccccc6c3c3cccc-5c32)C(C)(C)c2ccccc2-4)c(-c2ccccc2)c1. The topological polar surface area (TPSA) is 21.3 Å². The second kappa shape index (κ2) is 11.8. The van der Waals surface area contributed by atoms with E-state index in [4.69, 9.17) is 4.42 Å². The predicted octanol–water partition coefficient (Wildman–Crippen LogP) is 14.6. The third-order valence-electron chi connectivity index (χ3n) is 14.5. The van der Waals surface area contributed by atoms with Crippen molar-refractivity contribution in [2.24, 2.45) is 0 Å². The quantitative estimate of drug-likeness (QED) is 0.162. The molecule has 1 aliphatic carbocycles. The summed E-state index contributed by atoms with van der Waals surface area (Å²) in [7, 11) is 0. The lowest BCUT2D eigenvalue weighted by Gasteiger charge is -2.43. The molecular weight excluding hydrogens is 772 g/mol. The average Bonchev–Trinajstić information content (AvgIpc) is 4.01. The van der Waals surface area contributed by atoms with Crippen molar-refractivity contribution in [1.29, 1.82) is 0 Å². The molecule has 0 radical (unpaired) electrons. The molecule has 0 N–H and O–H groups in total. The van der Waals surface area contributed by atoms with Crippen LogP contribution in [0.15, 0.2) is 162 Å². The van der Waals surface area contributed by atoms with E-state index in [0.717, 1.165) is 16.7 Å². The Kier molecular flexibility index (Phi) is 6.61. The minimum Gasteiger partial charge on any atom is -0.441 e. The Hall–Kier alpha value is -6.82. The lowest BCUT2D eigenvalue weighted by molar-refractivity contribution is 0.590. The van der Waals surface area contributed by atoms with Crippen LogP contribution in [0.2, 0.25) is 0 Å². The van der Waals surface area contributed by atoms with Gasteiger partial charge in [0.25, 0.3) is 0 Å². The van der Waals surface area contributed by atoms with Crippen LogP contribution in [0.25, 0.3) is 86.5 Å². The van der Waals surface area contributed by atoms with Crippen LogP contribution >= 0.6 is 11.3 Å². The fourth-order valence-electron chi connectivity index (χ4n) is 11.8. The lowest BCUT2D eigenvalue weighted by atomic mass is 9.43. The standard InChI is InChI=1S/C57H41BN2OS/c1-56(2,3)33-26-27-42(39(30-33)32-16-7-6-8-17-32)59-43-28-29-47-49(36-20-11-14-25-46(36)62-47)52(43)58-53-44(59)31-40-34-18-9-12-23-41(34)57(4,5)51(40)50(53)38-22-15-21-37-48-35-19-10-13-24-45(35)61-55(48)60(58)54(37)38/h6-31H,1-5H3. The van der Waals surface area contributed by atoms with Crippen molar-refractivity contribution in [2.75, 3.05) is 4.90 Å². The summed E-state index contributed by atoms with van der Waals surface area (Å²) in [6, 6.07) is 59.4. The van der Waals surface area contributed by atoms with Gasteiger partial charge in [0.1, 0.15) is 5.58 Å². The number of rotatable bonds is 2. The maximum atomic E-state index is 7.13. The Morgan fingerprint density at radius 2 is 1.29 bits per heavy atom. The Labute approximate surface area is 364 Å². The highest BCUT2D eigenvalue weighted by molar-refractivity contribution is 7.26. The summed E-state index contributed by atoms with van der Waals surface area (Å²) in [6.07, 6.45) is 0. The number of benzene rings is 8. The number of hydrogen-bond donors (Lipinski definition) is 0. The van der Waals surface area contributed by atoms with Crippen LogP contribution in [0.4, 0.5) is 17.1 Å². The van der Waals surface area contributed by atoms with E-state index in [1.807, 2.05) is 11.3 Å². The summed E-state index contributed by atoms with van der Waals surface area (Å²) in [4.78, 5) is 2.64. The zero-order valence-electron chi connectivity index (χ0n) is 35.3. The molecule has 14 rings (SSSR count). The summed E-state index contributed by atoms with van der Waals surface area (Å²) in [5.41, 5.74) is 21.0. The molecule has 5 heteroatoms. The molecule has 294 valence electrons. The third-order valence-corrected chi connectivity index (χ3v) is 15.6. The molecule has 5 heterocycles. The monoisotopic (exact) mass is 812 g/mol. The van der Waals surface area contributed by atoms with E-state index in [0.29, 0.717) is 0 Å². The first kappa shape index (κ1) is 34.8. The Morgan fingerprint density at radius 3 is 2.15 bits per heavy atom. The van der Waals surface area contributed by atoms with Gasteiger partial charge in [-0.15, -0.1) is 11.3 Å². The van der Waals surface area contributed by atoms with Gasteiger partial charge in [0.15, 0.2) is 5.71 Å². The number of para-hydroxylation sites is 2. The first-order valence-electron chi connectivity index (χ1n) is 21.9. The van der Waals surface area contributed by atoms with Crippen LogP contribution in [0.3, 0.4) is 0 Å². The maximum absolute atomic E-state index is 7.13. The van der Waals surface area contributed by atoms with E-state index >= 15 is 0 Å². The number of nitrogens with zero attached hydrogens (tertiary/aromatic N) is 2. The number of aromatic nitrogens is 1. The molecule has 0 fully saturated rings. The zero-order valence-corrected chi connectivity index (χ0v) is 36.1. The number of furan rings is 1.